The normalized spacial score (nSPS) is 21.6. The van der Waals surface area contributed by atoms with Crippen LogP contribution in [-0.4, -0.2) is 57.0 Å². The molecule has 0 aromatic carbocycles. The lowest BCUT2D eigenvalue weighted by atomic mass is 10.2. The second-order valence-corrected chi connectivity index (χ2v) is 7.63. The summed E-state index contributed by atoms with van der Waals surface area (Å²) in [6.45, 7) is 7.40. The van der Waals surface area contributed by atoms with Crippen molar-refractivity contribution in [3.8, 4) is 0 Å². The summed E-state index contributed by atoms with van der Waals surface area (Å²) in [5.74, 6) is 0.300. The topological polar surface area (TPSA) is 49.4 Å². The van der Waals surface area contributed by atoms with Crippen molar-refractivity contribution < 1.29 is 8.42 Å². The summed E-state index contributed by atoms with van der Waals surface area (Å²) < 4.78 is 22.2. The van der Waals surface area contributed by atoms with Crippen LogP contribution in [0, 0.1) is 0 Å². The van der Waals surface area contributed by atoms with Gasteiger partial charge in [-0.2, -0.15) is 0 Å². The van der Waals surface area contributed by atoms with E-state index in [0.29, 0.717) is 17.8 Å². The molecule has 17 heavy (non-hydrogen) atoms. The summed E-state index contributed by atoms with van der Waals surface area (Å²) >= 11 is 0. The van der Waals surface area contributed by atoms with E-state index < -0.39 is 9.84 Å². The Hall–Kier alpha value is -0.130. The molecule has 1 rings (SSSR count). The van der Waals surface area contributed by atoms with Crippen molar-refractivity contribution in [3.63, 3.8) is 0 Å². The van der Waals surface area contributed by atoms with Gasteiger partial charge in [0, 0.05) is 24.9 Å². The molecule has 1 N–H and O–H groups in total. The lowest BCUT2D eigenvalue weighted by molar-refractivity contribution is 0.203. The van der Waals surface area contributed by atoms with Crippen LogP contribution in [0.1, 0.15) is 33.1 Å². The summed E-state index contributed by atoms with van der Waals surface area (Å²) in [6, 6.07) is 1.08. The van der Waals surface area contributed by atoms with Crippen molar-refractivity contribution in [2.24, 2.45) is 0 Å². The largest absolute Gasteiger partial charge is 0.313 e. The van der Waals surface area contributed by atoms with Gasteiger partial charge < -0.3 is 5.32 Å². The van der Waals surface area contributed by atoms with Crippen LogP contribution in [0.5, 0.6) is 0 Å². The number of rotatable bonds is 7. The van der Waals surface area contributed by atoms with Gasteiger partial charge >= 0.3 is 0 Å². The Morgan fingerprint density at radius 2 is 2.12 bits per heavy atom. The molecule has 1 aliphatic rings. The first-order chi connectivity index (χ1) is 7.88. The molecule has 102 valence electrons. The van der Waals surface area contributed by atoms with E-state index >= 15 is 0 Å². The Balaban J connectivity index is 2.32. The highest BCUT2D eigenvalue weighted by atomic mass is 32.2. The van der Waals surface area contributed by atoms with Crippen LogP contribution in [0.2, 0.25) is 0 Å². The summed E-state index contributed by atoms with van der Waals surface area (Å²) in [6.07, 6.45) is 4.56. The van der Waals surface area contributed by atoms with Gasteiger partial charge in [-0.25, -0.2) is 8.42 Å². The van der Waals surface area contributed by atoms with Crippen LogP contribution in [0.4, 0.5) is 0 Å². The highest BCUT2D eigenvalue weighted by molar-refractivity contribution is 7.90. The molecule has 0 bridgehead atoms. The van der Waals surface area contributed by atoms with E-state index in [2.05, 4.69) is 24.1 Å². The van der Waals surface area contributed by atoms with Gasteiger partial charge in [-0.3, -0.25) is 4.90 Å². The summed E-state index contributed by atoms with van der Waals surface area (Å²) in [4.78, 5) is 2.38. The first-order valence-electron chi connectivity index (χ1n) is 6.53. The molecule has 0 aliphatic carbocycles. The molecule has 1 aliphatic heterocycles. The maximum atomic E-state index is 11.1. The van der Waals surface area contributed by atoms with Crippen LogP contribution in [-0.2, 0) is 9.84 Å². The first kappa shape index (κ1) is 14.9. The average molecular weight is 262 g/mol. The third-order valence-electron chi connectivity index (χ3n) is 3.31. The highest BCUT2D eigenvalue weighted by Crippen LogP contribution is 2.10. The van der Waals surface area contributed by atoms with E-state index in [9.17, 15) is 8.42 Å². The number of hydrogen-bond donors (Lipinski definition) is 1. The predicted molar refractivity (Wildman–Crippen MR) is 72.1 cm³/mol. The fourth-order valence-corrected chi connectivity index (χ4v) is 2.94. The van der Waals surface area contributed by atoms with Gasteiger partial charge in [-0.1, -0.05) is 0 Å². The van der Waals surface area contributed by atoms with Crippen molar-refractivity contribution in [2.45, 2.75) is 45.2 Å². The quantitative estimate of drug-likeness (QED) is 0.740. The summed E-state index contributed by atoms with van der Waals surface area (Å²) in [5, 5.41) is 3.49. The molecule has 0 aromatic rings. The van der Waals surface area contributed by atoms with E-state index in [1.807, 2.05) is 0 Å². The molecular weight excluding hydrogens is 236 g/mol. The van der Waals surface area contributed by atoms with Gasteiger partial charge in [-0.15, -0.1) is 0 Å². The van der Waals surface area contributed by atoms with Crippen LogP contribution in [0.15, 0.2) is 0 Å². The third kappa shape index (κ3) is 6.38. The smallest absolute Gasteiger partial charge is 0.147 e. The zero-order valence-corrected chi connectivity index (χ0v) is 12.1. The van der Waals surface area contributed by atoms with Crippen molar-refractivity contribution in [2.75, 3.05) is 31.6 Å². The zero-order chi connectivity index (χ0) is 12.9. The Bertz CT molecular complexity index is 308. The molecule has 1 fully saturated rings. The SMILES string of the molecule is CC(C)N(CCCS(C)(=O)=O)CC1CCCN1. The van der Waals surface area contributed by atoms with Gasteiger partial charge in [0.05, 0.1) is 5.75 Å². The average Bonchev–Trinajstić information content (AvgIpc) is 2.66. The third-order valence-corrected chi connectivity index (χ3v) is 4.34. The minimum absolute atomic E-state index is 0.300. The fraction of sp³-hybridized carbons (Fsp3) is 1.00. The first-order valence-corrected chi connectivity index (χ1v) is 8.59. The van der Waals surface area contributed by atoms with Crippen molar-refractivity contribution >= 4 is 9.84 Å². The lowest BCUT2D eigenvalue weighted by Crippen LogP contribution is -2.42. The molecule has 0 saturated carbocycles. The number of sulfone groups is 1. The van der Waals surface area contributed by atoms with E-state index in [0.717, 1.165) is 26.1 Å². The standard InChI is InChI=1S/C12H26N2O2S/c1-11(2)14(8-5-9-17(3,15)16)10-12-6-4-7-13-12/h11-13H,4-10H2,1-3H3. The highest BCUT2D eigenvalue weighted by Gasteiger charge is 2.19. The lowest BCUT2D eigenvalue weighted by Gasteiger charge is -2.29. The number of hydrogen-bond acceptors (Lipinski definition) is 4. The second-order valence-electron chi connectivity index (χ2n) is 5.37. The second kappa shape index (κ2) is 6.71. The maximum absolute atomic E-state index is 11.1. The molecule has 0 aromatic heterocycles. The van der Waals surface area contributed by atoms with Crippen LogP contribution in [0.25, 0.3) is 0 Å². The molecule has 5 heteroatoms. The van der Waals surface area contributed by atoms with Crippen LogP contribution in [0.3, 0.4) is 0 Å². The van der Waals surface area contributed by atoms with Gasteiger partial charge in [0.2, 0.25) is 0 Å². The van der Waals surface area contributed by atoms with E-state index in [1.165, 1.54) is 19.1 Å². The van der Waals surface area contributed by atoms with E-state index in [-0.39, 0.29) is 0 Å². The maximum Gasteiger partial charge on any atom is 0.147 e. The number of nitrogens with one attached hydrogen (secondary N) is 1. The Morgan fingerprint density at radius 1 is 1.41 bits per heavy atom. The Labute approximate surface area is 106 Å². The minimum atomic E-state index is -2.82. The van der Waals surface area contributed by atoms with Gasteiger partial charge in [-0.05, 0) is 46.2 Å². The Morgan fingerprint density at radius 3 is 2.59 bits per heavy atom. The van der Waals surface area contributed by atoms with E-state index in [1.54, 1.807) is 0 Å². The molecule has 1 atom stereocenters. The van der Waals surface area contributed by atoms with Gasteiger partial charge in [0.25, 0.3) is 0 Å². The van der Waals surface area contributed by atoms with Crippen LogP contribution >= 0.6 is 0 Å². The monoisotopic (exact) mass is 262 g/mol. The Kier molecular flexibility index (Phi) is 5.89. The molecule has 4 nitrogen and oxygen atoms in total. The molecule has 1 heterocycles. The van der Waals surface area contributed by atoms with E-state index in [4.69, 9.17) is 0 Å². The van der Waals surface area contributed by atoms with Gasteiger partial charge in [0.15, 0.2) is 0 Å². The minimum Gasteiger partial charge on any atom is -0.313 e. The molecule has 0 amide bonds. The molecule has 0 spiro atoms. The molecule has 1 saturated heterocycles. The molecule has 1 unspecified atom stereocenters. The zero-order valence-electron chi connectivity index (χ0n) is 11.3. The summed E-state index contributed by atoms with van der Waals surface area (Å²) in [5.41, 5.74) is 0. The fourth-order valence-electron chi connectivity index (χ4n) is 2.29. The van der Waals surface area contributed by atoms with Crippen molar-refractivity contribution in [1.82, 2.24) is 10.2 Å². The number of nitrogens with zero attached hydrogens (tertiary/aromatic N) is 1. The van der Waals surface area contributed by atoms with Crippen LogP contribution < -0.4 is 5.32 Å². The van der Waals surface area contributed by atoms with Crippen molar-refractivity contribution in [3.05, 3.63) is 0 Å². The molecule has 0 radical (unpaired) electrons. The predicted octanol–water partition coefficient (Wildman–Crippen LogP) is 0.884. The van der Waals surface area contributed by atoms with Crippen molar-refractivity contribution in [1.29, 1.82) is 0 Å². The van der Waals surface area contributed by atoms with Gasteiger partial charge in [0.1, 0.15) is 9.84 Å². The molecular formula is C12H26N2O2S. The summed E-state index contributed by atoms with van der Waals surface area (Å²) in [7, 11) is -2.82.